The first-order chi connectivity index (χ1) is 6.75. The molecular weight excluding hydrogens is 217 g/mol. The van der Waals surface area contributed by atoms with Crippen molar-refractivity contribution in [1.29, 1.82) is 0 Å². The second-order valence-electron chi connectivity index (χ2n) is 3.03. The molecule has 86 valence electrons. The fourth-order valence-electron chi connectivity index (χ4n) is 0.992. The summed E-state index contributed by atoms with van der Waals surface area (Å²) in [5.41, 5.74) is 5.01. The van der Waals surface area contributed by atoms with Crippen LogP contribution in [0, 0.1) is 0 Å². The second-order valence-corrected chi connectivity index (χ2v) is 4.34. The minimum Gasteiger partial charge on any atom is -0.361 e. The Kier molecular flexibility index (Phi) is 5.14. The van der Waals surface area contributed by atoms with Gasteiger partial charge in [0.25, 0.3) is 0 Å². The molecule has 0 aliphatic heterocycles. The van der Waals surface area contributed by atoms with Gasteiger partial charge in [0.1, 0.15) is 0 Å². The summed E-state index contributed by atoms with van der Waals surface area (Å²) in [7, 11) is -4.29. The molecule has 0 aliphatic carbocycles. The molecule has 5 nitrogen and oxygen atoms in total. The molecule has 0 aromatic heterocycles. The van der Waals surface area contributed by atoms with Gasteiger partial charge in [-0.1, -0.05) is 18.7 Å². The first-order valence-corrected chi connectivity index (χ1v) is 5.84. The summed E-state index contributed by atoms with van der Waals surface area (Å²) in [6.45, 7) is 10.4. The van der Waals surface area contributed by atoms with Gasteiger partial charge in [-0.05, 0) is 12.0 Å². The average Bonchev–Trinajstić information content (AvgIpc) is 2.01. The number of allylic oxidation sites excluding steroid dienone is 1. The Hall–Kier alpha value is -0.710. The van der Waals surface area contributed by atoms with Crippen LogP contribution in [0.2, 0.25) is 0 Å². The predicted molar refractivity (Wildman–Crippen MR) is 58.8 cm³/mol. The number of hydrogen-bond acceptors (Lipinski definition) is 3. The van der Waals surface area contributed by atoms with E-state index in [2.05, 4.69) is 24.3 Å². The Labute approximate surface area is 89.2 Å². The SMILES string of the molecule is C=CCC(=C)C(O)(CC=C)OP(N)(=O)O. The van der Waals surface area contributed by atoms with Gasteiger partial charge in [-0.2, -0.15) is 0 Å². The highest BCUT2D eigenvalue weighted by molar-refractivity contribution is 7.50. The first-order valence-electron chi connectivity index (χ1n) is 4.19. The molecule has 0 rings (SSSR count). The highest BCUT2D eigenvalue weighted by Crippen LogP contribution is 2.41. The summed E-state index contributed by atoms with van der Waals surface area (Å²) < 4.78 is 15.4. The summed E-state index contributed by atoms with van der Waals surface area (Å²) in [5, 5.41) is 9.89. The molecule has 2 atom stereocenters. The molecule has 2 unspecified atom stereocenters. The summed E-state index contributed by atoms with van der Waals surface area (Å²) in [5.74, 6) is -1.98. The maximum Gasteiger partial charge on any atom is 0.403 e. The highest BCUT2D eigenvalue weighted by Gasteiger charge is 2.35. The zero-order valence-corrected chi connectivity index (χ0v) is 9.32. The second kappa shape index (κ2) is 5.39. The molecule has 0 amide bonds. The van der Waals surface area contributed by atoms with Crippen molar-refractivity contribution < 1.29 is 19.1 Å². The lowest BCUT2D eigenvalue weighted by Crippen LogP contribution is -2.33. The van der Waals surface area contributed by atoms with E-state index >= 15 is 0 Å². The third kappa shape index (κ3) is 5.06. The van der Waals surface area contributed by atoms with E-state index in [-0.39, 0.29) is 18.4 Å². The third-order valence-corrected chi connectivity index (χ3v) is 2.21. The fourth-order valence-corrected chi connectivity index (χ4v) is 1.63. The van der Waals surface area contributed by atoms with E-state index in [1.165, 1.54) is 12.2 Å². The van der Waals surface area contributed by atoms with Crippen molar-refractivity contribution >= 4 is 7.75 Å². The van der Waals surface area contributed by atoms with Crippen LogP contribution in [0.4, 0.5) is 0 Å². The maximum absolute atomic E-state index is 10.9. The van der Waals surface area contributed by atoms with E-state index in [4.69, 9.17) is 10.4 Å². The van der Waals surface area contributed by atoms with Crippen LogP contribution in [-0.2, 0) is 9.09 Å². The Morgan fingerprint density at radius 1 is 1.53 bits per heavy atom. The van der Waals surface area contributed by atoms with Crippen molar-refractivity contribution in [2.75, 3.05) is 0 Å². The van der Waals surface area contributed by atoms with Gasteiger partial charge in [-0.3, -0.25) is 4.52 Å². The van der Waals surface area contributed by atoms with Gasteiger partial charge in [-0.25, -0.2) is 10.1 Å². The molecule has 0 bridgehead atoms. The largest absolute Gasteiger partial charge is 0.403 e. The van der Waals surface area contributed by atoms with E-state index in [1.807, 2.05) is 0 Å². The zero-order valence-electron chi connectivity index (χ0n) is 8.43. The molecule has 0 saturated carbocycles. The van der Waals surface area contributed by atoms with Crippen LogP contribution in [-0.4, -0.2) is 15.8 Å². The normalized spacial score (nSPS) is 18.6. The molecular formula is C9H16NO4P. The Morgan fingerprint density at radius 3 is 2.40 bits per heavy atom. The van der Waals surface area contributed by atoms with E-state index < -0.39 is 13.5 Å². The van der Waals surface area contributed by atoms with Gasteiger partial charge in [0.2, 0.25) is 5.79 Å². The molecule has 0 aliphatic rings. The zero-order chi connectivity index (χ0) is 12.1. The van der Waals surface area contributed by atoms with Gasteiger partial charge in [-0.15, -0.1) is 13.2 Å². The molecule has 15 heavy (non-hydrogen) atoms. The van der Waals surface area contributed by atoms with E-state index in [1.54, 1.807) is 0 Å². The van der Waals surface area contributed by atoms with Crippen LogP contribution in [0.15, 0.2) is 37.5 Å². The minimum absolute atomic E-state index is 0.0819. The number of rotatable bonds is 7. The maximum atomic E-state index is 10.9. The Balaban J connectivity index is 4.87. The van der Waals surface area contributed by atoms with Crippen molar-refractivity contribution in [2.24, 2.45) is 5.50 Å². The van der Waals surface area contributed by atoms with Gasteiger partial charge in [0, 0.05) is 6.42 Å². The molecule has 0 heterocycles. The lowest BCUT2D eigenvalue weighted by molar-refractivity contribution is -0.107. The van der Waals surface area contributed by atoms with Crippen LogP contribution in [0.25, 0.3) is 0 Å². The van der Waals surface area contributed by atoms with Gasteiger partial charge in [0.15, 0.2) is 0 Å². The molecule has 0 aromatic rings. The molecule has 0 spiro atoms. The van der Waals surface area contributed by atoms with E-state index in [9.17, 15) is 9.67 Å². The quantitative estimate of drug-likeness (QED) is 0.351. The van der Waals surface area contributed by atoms with Crippen molar-refractivity contribution in [3.05, 3.63) is 37.5 Å². The average molecular weight is 233 g/mol. The number of hydrogen-bond donors (Lipinski definition) is 3. The summed E-state index contributed by atoms with van der Waals surface area (Å²) in [6.07, 6.45) is 2.98. The highest BCUT2D eigenvalue weighted by atomic mass is 31.2. The predicted octanol–water partition coefficient (Wildman–Crippen LogP) is 1.46. The molecule has 4 N–H and O–H groups in total. The molecule has 0 saturated heterocycles. The lowest BCUT2D eigenvalue weighted by atomic mass is 10.0. The first kappa shape index (κ1) is 14.3. The summed E-state index contributed by atoms with van der Waals surface area (Å²) in [6, 6.07) is 0. The van der Waals surface area contributed by atoms with Crippen LogP contribution in [0.5, 0.6) is 0 Å². The van der Waals surface area contributed by atoms with Crippen molar-refractivity contribution in [3.63, 3.8) is 0 Å². The van der Waals surface area contributed by atoms with Crippen molar-refractivity contribution in [3.8, 4) is 0 Å². The topological polar surface area (TPSA) is 92.8 Å². The monoisotopic (exact) mass is 233 g/mol. The Morgan fingerprint density at radius 2 is 2.07 bits per heavy atom. The van der Waals surface area contributed by atoms with Gasteiger partial charge >= 0.3 is 7.75 Å². The molecule has 0 radical (unpaired) electrons. The fraction of sp³-hybridized carbons (Fsp3) is 0.333. The van der Waals surface area contributed by atoms with Crippen LogP contribution in [0.3, 0.4) is 0 Å². The van der Waals surface area contributed by atoms with Crippen molar-refractivity contribution in [2.45, 2.75) is 18.6 Å². The number of aliphatic hydroxyl groups is 1. The van der Waals surface area contributed by atoms with Crippen LogP contribution in [0.1, 0.15) is 12.8 Å². The van der Waals surface area contributed by atoms with Crippen LogP contribution < -0.4 is 5.50 Å². The number of nitrogens with two attached hydrogens (primary N) is 1. The minimum atomic E-state index is -4.29. The van der Waals surface area contributed by atoms with E-state index in [0.717, 1.165) is 0 Å². The lowest BCUT2D eigenvalue weighted by Gasteiger charge is -2.29. The summed E-state index contributed by atoms with van der Waals surface area (Å²) >= 11 is 0. The standard InChI is InChI=1S/C9H16NO4P/c1-4-6-8(3)9(11,7-5-2)14-15(10,12)13/h4-5,11H,1-3,6-7H2,(H3,10,12,13). The van der Waals surface area contributed by atoms with Gasteiger partial charge in [0.05, 0.1) is 0 Å². The van der Waals surface area contributed by atoms with E-state index in [0.29, 0.717) is 0 Å². The smallest absolute Gasteiger partial charge is 0.361 e. The third-order valence-electron chi connectivity index (χ3n) is 1.65. The van der Waals surface area contributed by atoms with Crippen molar-refractivity contribution in [1.82, 2.24) is 0 Å². The van der Waals surface area contributed by atoms with Crippen LogP contribution >= 0.6 is 7.75 Å². The Bertz CT molecular complexity index is 309. The molecule has 0 fully saturated rings. The molecule has 0 aromatic carbocycles. The molecule has 6 heteroatoms. The summed E-state index contributed by atoms with van der Waals surface area (Å²) in [4.78, 5) is 8.85. The van der Waals surface area contributed by atoms with Gasteiger partial charge < -0.3 is 10.00 Å².